The molecule has 0 saturated carbocycles. The van der Waals surface area contributed by atoms with Crippen LogP contribution in [-0.4, -0.2) is 224 Å². The number of nitrogen functional groups attached to an aromatic ring is 1. The van der Waals surface area contributed by atoms with Crippen LogP contribution in [0.15, 0.2) is 127 Å². The van der Waals surface area contributed by atoms with Crippen LogP contribution in [0.2, 0.25) is 0 Å². The highest BCUT2D eigenvalue weighted by Crippen LogP contribution is 2.35. The monoisotopic (exact) mass is 2040 g/mol. The van der Waals surface area contributed by atoms with Gasteiger partial charge in [-0.3, -0.25) is 44.7 Å². The van der Waals surface area contributed by atoms with Crippen molar-refractivity contribution in [2.75, 3.05) is 74.6 Å². The number of carbonyl (C=O) groups excluding carboxylic acids is 8. The maximum atomic E-state index is 12.6. The molecule has 8 amide bonds. The molecule has 0 radical (unpaired) electrons. The number of hydrogen-bond acceptors (Lipinski definition) is 31. The second kappa shape index (κ2) is 56.2. The minimum absolute atomic E-state index is 0. The number of phenolic OH excluding ortho intramolecular Hbond substituents is 1. The molecule has 0 saturated heterocycles. The molecule has 3 aliphatic rings. The van der Waals surface area contributed by atoms with Gasteiger partial charge in [-0.1, -0.05) is 36.4 Å². The van der Waals surface area contributed by atoms with Crippen molar-refractivity contribution < 1.29 is 149 Å². The summed E-state index contributed by atoms with van der Waals surface area (Å²) >= 11 is 0. The second-order valence-electron chi connectivity index (χ2n) is 36.0. The van der Waals surface area contributed by atoms with Gasteiger partial charge in [0.25, 0.3) is 11.8 Å². The molecule has 0 unspecified atom stereocenters. The van der Waals surface area contributed by atoms with Crippen LogP contribution in [0.5, 0.6) is 34.5 Å². The fraction of sp³-hybridized carbons (Fsp3) is 0.430. The SMILES string of the molecule is CC(C)(C)OC(=O)N[C@@H](CO)C(=O)O.Cc1ccc(F)c([N+](=O)[O-])c1.Cc1ccc(OC[C@H](NC(=O)OC(C)(C)C)C(=O)O)c(N)c1.Cc1ccc(OC[C@H](NC(=O)OC(C)(C)C)C(=O)O)c([N+](=O)[O-])c1.Cc1ccc2c(c1)N(C)C(=O)[C@@H](N)CO2.Cc1ccc2c(c1)N(C)C(=O)[C@@H](NC(=O)OC(C)(C)C)CO2.Cc1ccc2c(c1)NC(=O)[C@@H](NC(=O)OC(C)(C)C)CO2.Cl.Cl.O=[N+]([O-])c1cc(O)ccc1F. The fourth-order valence-electron chi connectivity index (χ4n) is 11.0. The zero-order valence-corrected chi connectivity index (χ0v) is 84.2. The summed E-state index contributed by atoms with van der Waals surface area (Å²) in [5.74, 6) is -4.43. The van der Waals surface area contributed by atoms with Crippen LogP contribution in [0, 0.1) is 83.5 Å². The molecule has 0 aliphatic carbocycles. The van der Waals surface area contributed by atoms with E-state index in [9.17, 15) is 91.9 Å². The number of nitrogens with two attached hydrogens (primary N) is 2. The van der Waals surface area contributed by atoms with Gasteiger partial charge in [0, 0.05) is 26.2 Å². The number of nitrogens with one attached hydrogen (secondary N) is 6. The number of carboxylic acid groups (broad SMARTS) is 3. The number of aliphatic hydroxyl groups is 1. The van der Waals surface area contributed by atoms with Crippen LogP contribution in [0.3, 0.4) is 0 Å². The van der Waals surface area contributed by atoms with E-state index in [1.807, 2.05) is 81.5 Å². The topological polar surface area (TPSA) is 641 Å². The molecule has 782 valence electrons. The molecule has 7 aromatic rings. The Morgan fingerprint density at radius 1 is 0.451 bits per heavy atom. The van der Waals surface area contributed by atoms with Crippen molar-refractivity contribution in [3.8, 4) is 34.5 Å². The Morgan fingerprint density at radius 3 is 1.18 bits per heavy atom. The zero-order valence-electron chi connectivity index (χ0n) is 82.6. The number of halogens is 4. The predicted molar refractivity (Wildman–Crippen MR) is 521 cm³/mol. The molecule has 3 heterocycles. The summed E-state index contributed by atoms with van der Waals surface area (Å²) in [6.45, 7) is 35.5. The average molecular weight is 2050 g/mol. The molecule has 0 aromatic heterocycles. The number of alkyl carbamates (subject to hydrolysis) is 5. The van der Waals surface area contributed by atoms with E-state index < -0.39 is 164 Å². The number of ether oxygens (including phenoxy) is 10. The van der Waals surface area contributed by atoms with Gasteiger partial charge in [-0.15, -0.1) is 24.8 Å². The van der Waals surface area contributed by atoms with Crippen molar-refractivity contribution in [2.45, 2.75) is 210 Å². The van der Waals surface area contributed by atoms with Crippen LogP contribution >= 0.6 is 24.8 Å². The number of fused-ring (bicyclic) bond motifs is 3. The number of aliphatic carboxylic acids is 3. The first-order chi connectivity index (χ1) is 64.6. The molecule has 0 spiro atoms. The number of aryl methyl sites for hydroxylation is 6. The summed E-state index contributed by atoms with van der Waals surface area (Å²) in [4.78, 5) is 159. The standard InChI is InChI=1S/C16H22N2O4.C15H20N2O7.C15H22N2O5.C15H20N2O4.C11H14N2O2.C8H15NO5.C7H6FNO2.C6H4FNO3.2ClH/c1-10-6-7-13-12(8-10)18(5)14(19)11(9-21-13)17-15(20)22-16(2,3)4;1-9-5-6-12(11(7-9)17(21)22)23-8-10(13(18)19)16-14(20)24-15(2,3)4;1-9-5-6-12(10(16)7-9)21-8-11(13(18)19)17-14(20)22-15(2,3)4;1-9-5-6-12-10(7-9)16-13(18)11(8-20-12)17-14(19)21-15(2,3)4;1-7-3-4-10-9(5-7)13(2)11(14)8(12)6-15-10;1-8(2,3)14-7(13)9-5(4-10)6(11)12;1-5-2-3-6(8)7(4-5)9(10)11;7-5-2-1-4(9)3-6(5)8(10)11;;/h6-8,11H,9H2,1-5H3,(H,17,20);5-7,10H,8H2,1-4H3,(H,16,20)(H,18,19);5-7,11H,8,16H2,1-4H3,(H,17,20)(H,18,19);5-7,11H,8H2,1-4H3,(H,16,18)(H,17,19);3-5,8H,6,12H2,1-2H3;5,10H,4H2,1-3H3,(H,9,13)(H,11,12);2-4H,1H3;1-3,9H;2*1H/t11-;10-;2*11-;8-;5-;;;;/m000000..../s1. The van der Waals surface area contributed by atoms with Crippen molar-refractivity contribution in [1.82, 2.24) is 26.6 Å². The lowest BCUT2D eigenvalue weighted by Gasteiger charge is -2.23. The average Bonchev–Trinajstić information content (AvgIpc) is 1.67. The molecule has 45 nitrogen and oxygen atoms in total. The number of aromatic hydroxyl groups is 1. The van der Waals surface area contributed by atoms with E-state index in [0.717, 1.165) is 52.2 Å². The van der Waals surface area contributed by atoms with E-state index in [2.05, 4.69) is 26.6 Å². The van der Waals surface area contributed by atoms with Gasteiger partial charge in [0.2, 0.25) is 17.5 Å². The van der Waals surface area contributed by atoms with Gasteiger partial charge < -0.3 is 126 Å². The van der Waals surface area contributed by atoms with Crippen molar-refractivity contribution in [3.63, 3.8) is 0 Å². The maximum Gasteiger partial charge on any atom is 0.408 e. The number of rotatable bonds is 18. The molecule has 49 heteroatoms. The summed E-state index contributed by atoms with van der Waals surface area (Å²) < 4.78 is 77.4. The Morgan fingerprint density at radius 2 is 0.775 bits per heavy atom. The molecule has 15 N–H and O–H groups in total. The minimum atomic E-state index is -1.42. The fourth-order valence-corrected chi connectivity index (χ4v) is 11.0. The van der Waals surface area contributed by atoms with E-state index in [-0.39, 0.29) is 86.1 Å². The Kier molecular flexibility index (Phi) is 49.4. The second-order valence-corrected chi connectivity index (χ2v) is 36.0. The predicted octanol–water partition coefficient (Wildman–Crippen LogP) is 13.6. The number of anilines is 4. The van der Waals surface area contributed by atoms with E-state index in [4.69, 9.17) is 84.4 Å². The first kappa shape index (κ1) is 125. The first-order valence-electron chi connectivity index (χ1n) is 42.6. The zero-order chi connectivity index (χ0) is 107. The molecule has 0 bridgehead atoms. The van der Waals surface area contributed by atoms with Gasteiger partial charge in [0.1, 0.15) is 108 Å². The van der Waals surface area contributed by atoms with Crippen molar-refractivity contribution >= 4 is 131 Å². The number of benzene rings is 7. The highest BCUT2D eigenvalue weighted by Gasteiger charge is 2.35. The van der Waals surface area contributed by atoms with Gasteiger partial charge in [-0.2, -0.15) is 8.78 Å². The third-order valence-corrected chi connectivity index (χ3v) is 17.4. The normalized spacial score (nSPS) is 14.4. The molecular formula is C93H125Cl2F2N13O32. The molecular weight excluding hydrogens is 1920 g/mol. The number of carbonyl (C=O) groups is 11. The Labute approximate surface area is 829 Å². The number of amides is 8. The largest absolute Gasteiger partial charge is 0.508 e. The maximum absolute atomic E-state index is 12.6. The number of nitro benzene ring substituents is 3. The van der Waals surface area contributed by atoms with Crippen molar-refractivity contribution in [1.29, 1.82) is 0 Å². The number of phenols is 1. The van der Waals surface area contributed by atoms with Crippen LogP contribution < -0.4 is 76.9 Å². The summed E-state index contributed by atoms with van der Waals surface area (Å²) in [7, 11) is 3.38. The van der Waals surface area contributed by atoms with Crippen LogP contribution in [-0.2, 0) is 52.5 Å². The number of carboxylic acids is 3. The van der Waals surface area contributed by atoms with Crippen molar-refractivity contribution in [3.05, 3.63) is 203 Å². The lowest BCUT2D eigenvalue weighted by Crippen LogP contribution is -2.50. The third kappa shape index (κ3) is 46.1. The minimum Gasteiger partial charge on any atom is -0.508 e. The molecule has 0 fully saturated rings. The molecule has 142 heavy (non-hydrogen) atoms. The van der Waals surface area contributed by atoms with E-state index >= 15 is 0 Å². The quantitative estimate of drug-likeness (QED) is 0.0164. The van der Waals surface area contributed by atoms with Gasteiger partial charge in [0.05, 0.1) is 50.2 Å². The highest BCUT2D eigenvalue weighted by molar-refractivity contribution is 6.01. The lowest BCUT2D eigenvalue weighted by molar-refractivity contribution is -0.387. The number of nitrogens with zero attached hydrogens (tertiary/aromatic N) is 5. The van der Waals surface area contributed by atoms with E-state index in [0.29, 0.717) is 51.2 Å². The van der Waals surface area contributed by atoms with Gasteiger partial charge in [-0.05, 0) is 252 Å². The van der Waals surface area contributed by atoms with Crippen LogP contribution in [0.25, 0.3) is 0 Å². The summed E-state index contributed by atoms with van der Waals surface area (Å²) in [6.07, 6.45) is -3.88. The lowest BCUT2D eigenvalue weighted by atomic mass is 10.2. The molecule has 3 aliphatic heterocycles. The summed E-state index contributed by atoms with van der Waals surface area (Å²) in [6, 6.07) is 26.6. The molecule has 7 aromatic carbocycles. The molecule has 10 rings (SSSR count). The Balaban J connectivity index is 0.000000821. The van der Waals surface area contributed by atoms with E-state index in [1.54, 1.807) is 167 Å². The first-order valence-corrected chi connectivity index (χ1v) is 42.6. The number of hydrogen-bond donors (Lipinski definition) is 13. The third-order valence-electron chi connectivity index (χ3n) is 17.4. The van der Waals surface area contributed by atoms with Crippen LogP contribution in [0.1, 0.15) is 137 Å². The van der Waals surface area contributed by atoms with Gasteiger partial charge >= 0.3 is 65.4 Å². The van der Waals surface area contributed by atoms with E-state index in [1.165, 1.54) is 29.2 Å². The van der Waals surface area contributed by atoms with Gasteiger partial charge in [0.15, 0.2) is 23.9 Å². The molecule has 6 atom stereocenters. The highest BCUT2D eigenvalue weighted by atomic mass is 35.5. The number of nitro groups is 3. The van der Waals surface area contributed by atoms with Crippen molar-refractivity contribution in [2.24, 2.45) is 5.73 Å². The smallest absolute Gasteiger partial charge is 0.408 e. The summed E-state index contributed by atoms with van der Waals surface area (Å²) in [5.41, 5.74) is 14.5. The van der Waals surface area contributed by atoms with Crippen LogP contribution in [0.4, 0.5) is 72.6 Å². The summed E-state index contributed by atoms with van der Waals surface area (Å²) in [5, 5.41) is 89.5. The Hall–Kier alpha value is -15.1. The van der Waals surface area contributed by atoms with Gasteiger partial charge in [-0.25, -0.2) is 38.4 Å². The number of aliphatic hydroxyl groups excluding tert-OH is 1. The Bertz CT molecular complexity index is 5490. The number of likely N-dealkylation sites (N-methyl/N-ethyl adjacent to an activating group) is 2.